The molecule has 1 heterocycles. The Kier molecular flexibility index (Phi) is 7.10. The smallest absolute Gasteiger partial charge is 0.237 e. The molecule has 2 amide bonds. The largest absolute Gasteiger partial charge is 0.356 e. The monoisotopic (exact) mass is 466 g/mol. The molecule has 9 heteroatoms. The van der Waals surface area contributed by atoms with Crippen LogP contribution < -0.4 is 10.6 Å². The highest BCUT2D eigenvalue weighted by molar-refractivity contribution is 8.01. The SMILES string of the molecule is C[C@H](CC(=O)NCCc1ccc(Cl)cc1)S(=O)(=O)c1ccc2c(c1)NC(=O)[C@@H](C)S2. The summed E-state index contributed by atoms with van der Waals surface area (Å²) in [6.07, 6.45) is 0.489. The van der Waals surface area contributed by atoms with E-state index in [0.717, 1.165) is 10.5 Å². The van der Waals surface area contributed by atoms with Gasteiger partial charge in [-0.15, -0.1) is 11.8 Å². The Morgan fingerprint density at radius 1 is 1.23 bits per heavy atom. The van der Waals surface area contributed by atoms with Gasteiger partial charge in [0.25, 0.3) is 0 Å². The second kappa shape index (κ2) is 9.41. The van der Waals surface area contributed by atoms with Gasteiger partial charge in [0.05, 0.1) is 21.1 Å². The summed E-state index contributed by atoms with van der Waals surface area (Å²) in [5, 5.41) is 5.03. The van der Waals surface area contributed by atoms with Crippen molar-refractivity contribution in [3.63, 3.8) is 0 Å². The molecule has 3 rings (SSSR count). The summed E-state index contributed by atoms with van der Waals surface area (Å²) in [7, 11) is -3.72. The van der Waals surface area contributed by atoms with E-state index in [1.165, 1.54) is 30.8 Å². The summed E-state index contributed by atoms with van der Waals surface area (Å²) in [4.78, 5) is 25.0. The maximum Gasteiger partial charge on any atom is 0.237 e. The number of halogens is 1. The van der Waals surface area contributed by atoms with Gasteiger partial charge in [-0.3, -0.25) is 9.59 Å². The summed E-state index contributed by atoms with van der Waals surface area (Å²) in [5.74, 6) is -0.481. The fourth-order valence-corrected chi connectivity index (χ4v) is 5.47. The maximum absolute atomic E-state index is 12.9. The molecule has 0 bridgehead atoms. The number of sulfone groups is 1. The highest BCUT2D eigenvalue weighted by atomic mass is 35.5. The van der Waals surface area contributed by atoms with Crippen LogP contribution in [0.4, 0.5) is 5.69 Å². The molecular weight excluding hydrogens is 444 g/mol. The Morgan fingerprint density at radius 2 is 1.93 bits per heavy atom. The lowest BCUT2D eigenvalue weighted by atomic mass is 10.1. The number of carbonyl (C=O) groups is 2. The Labute approximate surface area is 185 Å². The Bertz CT molecular complexity index is 1060. The molecule has 2 aromatic carbocycles. The van der Waals surface area contributed by atoms with Crippen LogP contribution in [0.25, 0.3) is 0 Å². The first kappa shape index (κ1) is 22.7. The van der Waals surface area contributed by atoms with Crippen LogP contribution in [0.5, 0.6) is 0 Å². The zero-order chi connectivity index (χ0) is 21.9. The van der Waals surface area contributed by atoms with Crippen molar-refractivity contribution in [3.8, 4) is 0 Å². The van der Waals surface area contributed by atoms with Crippen molar-refractivity contribution in [1.29, 1.82) is 0 Å². The number of rotatable bonds is 7. The van der Waals surface area contributed by atoms with Gasteiger partial charge >= 0.3 is 0 Å². The predicted molar refractivity (Wildman–Crippen MR) is 120 cm³/mol. The number of hydrogen-bond acceptors (Lipinski definition) is 5. The van der Waals surface area contributed by atoms with Crippen molar-refractivity contribution >= 4 is 50.7 Å². The van der Waals surface area contributed by atoms with E-state index >= 15 is 0 Å². The van der Waals surface area contributed by atoms with Gasteiger partial charge in [-0.05, 0) is 56.2 Å². The molecule has 30 heavy (non-hydrogen) atoms. The highest BCUT2D eigenvalue weighted by Crippen LogP contribution is 2.37. The number of anilines is 1. The minimum Gasteiger partial charge on any atom is -0.356 e. The molecule has 0 aromatic heterocycles. The zero-order valence-electron chi connectivity index (χ0n) is 16.6. The van der Waals surface area contributed by atoms with Gasteiger partial charge in [0.15, 0.2) is 9.84 Å². The Morgan fingerprint density at radius 3 is 2.63 bits per heavy atom. The first-order valence-electron chi connectivity index (χ1n) is 9.53. The van der Waals surface area contributed by atoms with Gasteiger partial charge in [-0.2, -0.15) is 0 Å². The Balaban J connectivity index is 1.59. The lowest BCUT2D eigenvalue weighted by Crippen LogP contribution is -2.31. The van der Waals surface area contributed by atoms with Gasteiger partial charge in [-0.25, -0.2) is 8.42 Å². The van der Waals surface area contributed by atoms with Crippen molar-refractivity contribution < 1.29 is 18.0 Å². The van der Waals surface area contributed by atoms with E-state index in [1.54, 1.807) is 25.1 Å². The number of benzene rings is 2. The molecular formula is C21H23ClN2O4S2. The molecule has 6 nitrogen and oxygen atoms in total. The number of fused-ring (bicyclic) bond motifs is 1. The van der Waals surface area contributed by atoms with Crippen LogP contribution in [0.3, 0.4) is 0 Å². The molecule has 0 fully saturated rings. The van der Waals surface area contributed by atoms with E-state index < -0.39 is 15.1 Å². The molecule has 1 aliphatic rings. The number of nitrogens with one attached hydrogen (secondary N) is 2. The number of amides is 2. The minimum absolute atomic E-state index is 0.0955. The van der Waals surface area contributed by atoms with Crippen LogP contribution in [0, 0.1) is 0 Å². The lowest BCUT2D eigenvalue weighted by Gasteiger charge is -2.22. The highest BCUT2D eigenvalue weighted by Gasteiger charge is 2.29. The third-order valence-corrected chi connectivity index (χ3v) is 8.43. The Hall–Kier alpha value is -2.03. The van der Waals surface area contributed by atoms with E-state index in [1.807, 2.05) is 12.1 Å². The molecule has 160 valence electrons. The number of thioether (sulfide) groups is 1. The first-order valence-corrected chi connectivity index (χ1v) is 12.3. The van der Waals surface area contributed by atoms with Crippen LogP contribution in [0.15, 0.2) is 52.3 Å². The molecule has 0 spiro atoms. The first-order chi connectivity index (χ1) is 14.2. The van der Waals surface area contributed by atoms with Crippen LogP contribution in [-0.2, 0) is 25.8 Å². The van der Waals surface area contributed by atoms with Crippen LogP contribution in [-0.4, -0.2) is 37.3 Å². The molecule has 2 aromatic rings. The van der Waals surface area contributed by atoms with Crippen molar-refractivity contribution in [2.24, 2.45) is 0 Å². The summed E-state index contributed by atoms with van der Waals surface area (Å²) in [6.45, 7) is 3.72. The van der Waals surface area contributed by atoms with E-state index in [0.29, 0.717) is 23.7 Å². The molecule has 0 saturated heterocycles. The van der Waals surface area contributed by atoms with Gasteiger partial charge < -0.3 is 10.6 Å². The zero-order valence-corrected chi connectivity index (χ0v) is 19.0. The van der Waals surface area contributed by atoms with E-state index in [9.17, 15) is 18.0 Å². The average Bonchev–Trinajstić information content (AvgIpc) is 2.70. The summed E-state index contributed by atoms with van der Waals surface area (Å²) < 4.78 is 25.8. The van der Waals surface area contributed by atoms with Crippen molar-refractivity contribution in [1.82, 2.24) is 5.32 Å². The van der Waals surface area contributed by atoms with Gasteiger partial charge in [0.2, 0.25) is 11.8 Å². The maximum atomic E-state index is 12.9. The fraction of sp³-hybridized carbons (Fsp3) is 0.333. The topological polar surface area (TPSA) is 92.3 Å². The summed E-state index contributed by atoms with van der Waals surface area (Å²) >= 11 is 7.24. The second-order valence-corrected chi connectivity index (χ2v) is 11.4. The third-order valence-electron chi connectivity index (χ3n) is 4.86. The predicted octanol–water partition coefficient (Wildman–Crippen LogP) is 3.68. The van der Waals surface area contributed by atoms with Crippen LogP contribution in [0.2, 0.25) is 5.02 Å². The van der Waals surface area contributed by atoms with Gasteiger partial charge in [-0.1, -0.05) is 23.7 Å². The molecule has 0 saturated carbocycles. The van der Waals surface area contributed by atoms with Crippen LogP contribution >= 0.6 is 23.4 Å². The van der Waals surface area contributed by atoms with E-state index in [2.05, 4.69) is 10.6 Å². The molecule has 0 unspecified atom stereocenters. The quantitative estimate of drug-likeness (QED) is 0.649. The van der Waals surface area contributed by atoms with E-state index in [4.69, 9.17) is 11.6 Å². The molecule has 2 N–H and O–H groups in total. The van der Waals surface area contributed by atoms with Gasteiger partial charge in [0.1, 0.15) is 0 Å². The number of hydrogen-bond donors (Lipinski definition) is 2. The average molecular weight is 467 g/mol. The van der Waals surface area contributed by atoms with Crippen molar-refractivity contribution in [2.45, 2.75) is 47.0 Å². The standard InChI is InChI=1S/C21H23ClN2O4S2/c1-13(11-20(25)23-10-9-15-3-5-16(22)6-4-15)30(27,28)17-7-8-19-18(12-17)24-21(26)14(2)29-19/h3-8,12-14H,9-11H2,1-2H3,(H,23,25)(H,24,26)/t13-,14-/m1/s1. The molecule has 0 radical (unpaired) electrons. The van der Waals surface area contributed by atoms with E-state index in [-0.39, 0.29) is 28.4 Å². The lowest BCUT2D eigenvalue weighted by molar-refractivity contribution is -0.121. The summed E-state index contributed by atoms with van der Waals surface area (Å²) in [6, 6.07) is 12.0. The summed E-state index contributed by atoms with van der Waals surface area (Å²) in [5.41, 5.74) is 1.52. The molecule has 0 aliphatic carbocycles. The normalized spacial score (nSPS) is 17.0. The second-order valence-electron chi connectivity index (χ2n) is 7.19. The third kappa shape index (κ3) is 5.36. The molecule has 2 atom stereocenters. The fourth-order valence-electron chi connectivity index (χ4n) is 3.04. The van der Waals surface area contributed by atoms with Crippen molar-refractivity contribution in [3.05, 3.63) is 53.1 Å². The minimum atomic E-state index is -3.72. The van der Waals surface area contributed by atoms with Gasteiger partial charge in [0, 0.05) is 22.9 Å². The van der Waals surface area contributed by atoms with Crippen molar-refractivity contribution in [2.75, 3.05) is 11.9 Å². The number of carbonyl (C=O) groups excluding carboxylic acids is 2. The molecule has 1 aliphatic heterocycles. The van der Waals surface area contributed by atoms with Crippen LogP contribution in [0.1, 0.15) is 25.8 Å².